The van der Waals surface area contributed by atoms with Gasteiger partial charge in [0.1, 0.15) is 5.75 Å². The maximum Gasteiger partial charge on any atom is 0.314 e. The molecule has 0 aromatic heterocycles. The lowest BCUT2D eigenvalue weighted by atomic mass is 10.1. The molecule has 0 bridgehead atoms. The molecule has 0 spiro atoms. The Bertz CT molecular complexity index is 460. The molecule has 15 heavy (non-hydrogen) atoms. The zero-order valence-corrected chi connectivity index (χ0v) is 8.79. The molecule has 0 atom stereocenters. The summed E-state index contributed by atoms with van der Waals surface area (Å²) in [6.07, 6.45) is 0. The van der Waals surface area contributed by atoms with Crippen LogP contribution in [0.3, 0.4) is 0 Å². The fourth-order valence-corrected chi connectivity index (χ4v) is 1.21. The van der Waals surface area contributed by atoms with E-state index in [0.29, 0.717) is 5.75 Å². The van der Waals surface area contributed by atoms with Gasteiger partial charge >= 0.3 is 8.25 Å². The fourth-order valence-electron chi connectivity index (χ4n) is 1.21. The highest BCUT2D eigenvalue weighted by molar-refractivity contribution is 7.30. The molecule has 5 heteroatoms. The van der Waals surface area contributed by atoms with Crippen LogP contribution in [0, 0.1) is 0 Å². The van der Waals surface area contributed by atoms with Crippen molar-refractivity contribution in [2.75, 3.05) is 0 Å². The molecule has 2 aromatic carbocycles. The first kappa shape index (κ1) is 11.7. The van der Waals surface area contributed by atoms with Crippen molar-refractivity contribution in [2.24, 2.45) is 0 Å². The van der Waals surface area contributed by atoms with Crippen molar-refractivity contribution in [1.82, 2.24) is 0 Å². The predicted octanol–water partition coefficient (Wildman–Crippen LogP) is 1.91. The molecular formula is C10H11O4P. The van der Waals surface area contributed by atoms with E-state index < -0.39 is 8.25 Å². The first-order valence-corrected chi connectivity index (χ1v) is 5.50. The summed E-state index contributed by atoms with van der Waals surface area (Å²) in [6.45, 7) is 0. The summed E-state index contributed by atoms with van der Waals surface area (Å²) < 4.78 is 8.74. The van der Waals surface area contributed by atoms with Gasteiger partial charge in [0.2, 0.25) is 0 Å². The third-order valence-electron chi connectivity index (χ3n) is 1.77. The Morgan fingerprint density at radius 1 is 0.933 bits per heavy atom. The van der Waals surface area contributed by atoms with E-state index in [1.165, 1.54) is 0 Å². The number of hydrogen-bond donors (Lipinski definition) is 3. The SMILES string of the molecule is O=[PH](O)O.Oc1cccc2ccccc12. The molecule has 3 N–H and O–H groups in total. The first-order chi connectivity index (χ1) is 7.11. The van der Waals surface area contributed by atoms with Gasteiger partial charge in [-0.15, -0.1) is 0 Å². The number of benzene rings is 2. The van der Waals surface area contributed by atoms with Gasteiger partial charge in [0.15, 0.2) is 0 Å². The molecule has 80 valence electrons. The van der Waals surface area contributed by atoms with Crippen LogP contribution in [0.15, 0.2) is 42.5 Å². The zero-order chi connectivity index (χ0) is 11.3. The minimum Gasteiger partial charge on any atom is -0.507 e. The quantitative estimate of drug-likeness (QED) is 0.599. The third-order valence-corrected chi connectivity index (χ3v) is 1.77. The van der Waals surface area contributed by atoms with E-state index in [2.05, 4.69) is 0 Å². The van der Waals surface area contributed by atoms with Crippen molar-refractivity contribution < 1.29 is 19.5 Å². The summed E-state index contributed by atoms with van der Waals surface area (Å²) in [5, 5.41) is 11.4. The van der Waals surface area contributed by atoms with Gasteiger partial charge in [-0.25, -0.2) is 0 Å². The van der Waals surface area contributed by atoms with Crippen LogP contribution < -0.4 is 0 Å². The maximum absolute atomic E-state index is 9.37. The van der Waals surface area contributed by atoms with Crippen LogP contribution in [0.1, 0.15) is 0 Å². The van der Waals surface area contributed by atoms with E-state index in [9.17, 15) is 5.11 Å². The van der Waals surface area contributed by atoms with Crippen molar-refractivity contribution in [3.05, 3.63) is 42.5 Å². The van der Waals surface area contributed by atoms with Gasteiger partial charge in [-0.2, -0.15) is 0 Å². The summed E-state index contributed by atoms with van der Waals surface area (Å²) in [5.41, 5.74) is 0. The molecule has 0 radical (unpaired) electrons. The lowest BCUT2D eigenvalue weighted by Crippen LogP contribution is -1.70. The second-order valence-corrected chi connectivity index (χ2v) is 3.35. The van der Waals surface area contributed by atoms with Crippen LogP contribution in [0.2, 0.25) is 0 Å². The molecular weight excluding hydrogens is 215 g/mol. The number of hydrogen-bond acceptors (Lipinski definition) is 2. The Balaban J connectivity index is 0.000000245. The topological polar surface area (TPSA) is 77.8 Å². The number of phenolic OH excluding ortho intramolecular Hbond substituents is 1. The minimum atomic E-state index is -3.13. The molecule has 0 saturated heterocycles. The molecule has 0 aliphatic rings. The lowest BCUT2D eigenvalue weighted by Gasteiger charge is -1.97. The molecule has 0 unspecified atom stereocenters. The van der Waals surface area contributed by atoms with Crippen LogP contribution in [0.25, 0.3) is 10.8 Å². The predicted molar refractivity (Wildman–Crippen MR) is 59.1 cm³/mol. The van der Waals surface area contributed by atoms with Crippen molar-refractivity contribution in [2.45, 2.75) is 0 Å². The number of aromatic hydroxyl groups is 1. The Morgan fingerprint density at radius 2 is 1.47 bits per heavy atom. The van der Waals surface area contributed by atoms with E-state index in [1.54, 1.807) is 6.07 Å². The van der Waals surface area contributed by atoms with Gasteiger partial charge in [-0.3, -0.25) is 4.57 Å². The Kier molecular flexibility index (Phi) is 4.31. The molecule has 0 heterocycles. The second kappa shape index (κ2) is 5.51. The first-order valence-electron chi connectivity index (χ1n) is 4.20. The van der Waals surface area contributed by atoms with E-state index in [-0.39, 0.29) is 0 Å². The van der Waals surface area contributed by atoms with E-state index in [1.807, 2.05) is 36.4 Å². The van der Waals surface area contributed by atoms with Crippen LogP contribution in [0.5, 0.6) is 5.75 Å². The normalized spacial score (nSPS) is 9.80. The smallest absolute Gasteiger partial charge is 0.314 e. The number of fused-ring (bicyclic) bond motifs is 1. The highest BCUT2D eigenvalue weighted by atomic mass is 31.1. The highest BCUT2D eigenvalue weighted by Gasteiger charge is 1.94. The average Bonchev–Trinajstić information content (AvgIpc) is 2.18. The summed E-state index contributed by atoms with van der Waals surface area (Å²) in [4.78, 5) is 14.3. The van der Waals surface area contributed by atoms with Gasteiger partial charge in [-0.05, 0) is 11.5 Å². The fraction of sp³-hybridized carbons (Fsp3) is 0. The average molecular weight is 226 g/mol. The second-order valence-electron chi connectivity index (χ2n) is 2.78. The molecule has 0 aliphatic carbocycles. The van der Waals surface area contributed by atoms with Gasteiger partial charge in [-0.1, -0.05) is 36.4 Å². The van der Waals surface area contributed by atoms with E-state index in [4.69, 9.17) is 14.4 Å². The van der Waals surface area contributed by atoms with Gasteiger partial charge in [0, 0.05) is 5.39 Å². The van der Waals surface area contributed by atoms with Crippen LogP contribution in [-0.4, -0.2) is 14.9 Å². The third kappa shape index (κ3) is 3.72. The standard InChI is InChI=1S/C10H8O.H3O3P/c11-10-7-3-5-8-4-1-2-6-9(8)10;1-4(2)3/h1-7,11H;4H,(H2,1,2,3). The number of rotatable bonds is 0. The van der Waals surface area contributed by atoms with Crippen molar-refractivity contribution in [3.8, 4) is 5.75 Å². The van der Waals surface area contributed by atoms with Crippen LogP contribution in [-0.2, 0) is 4.57 Å². The summed E-state index contributed by atoms with van der Waals surface area (Å²) in [5.74, 6) is 0.350. The minimum absolute atomic E-state index is 0.350. The van der Waals surface area contributed by atoms with E-state index >= 15 is 0 Å². The number of phenols is 1. The summed E-state index contributed by atoms with van der Waals surface area (Å²) in [6, 6.07) is 13.3. The van der Waals surface area contributed by atoms with Crippen molar-refractivity contribution in [1.29, 1.82) is 0 Å². The molecule has 2 rings (SSSR count). The monoisotopic (exact) mass is 226 g/mol. The van der Waals surface area contributed by atoms with Crippen molar-refractivity contribution in [3.63, 3.8) is 0 Å². The lowest BCUT2D eigenvalue weighted by molar-refractivity contribution is 0.405. The molecule has 2 aromatic rings. The van der Waals surface area contributed by atoms with Gasteiger partial charge in [0.25, 0.3) is 0 Å². The summed E-state index contributed by atoms with van der Waals surface area (Å²) >= 11 is 0. The van der Waals surface area contributed by atoms with Crippen molar-refractivity contribution >= 4 is 19.0 Å². The maximum atomic E-state index is 9.37. The van der Waals surface area contributed by atoms with Gasteiger partial charge in [0.05, 0.1) is 0 Å². The molecule has 0 fully saturated rings. The highest BCUT2D eigenvalue weighted by Crippen LogP contribution is 2.22. The molecule has 0 saturated carbocycles. The molecule has 4 nitrogen and oxygen atoms in total. The largest absolute Gasteiger partial charge is 0.507 e. The summed E-state index contributed by atoms with van der Waals surface area (Å²) in [7, 11) is -3.13. The van der Waals surface area contributed by atoms with Gasteiger partial charge < -0.3 is 14.9 Å². The van der Waals surface area contributed by atoms with E-state index in [0.717, 1.165) is 10.8 Å². The Morgan fingerprint density at radius 3 is 2.07 bits per heavy atom. The molecule has 0 aliphatic heterocycles. The Labute approximate surface area is 87.4 Å². The zero-order valence-electron chi connectivity index (χ0n) is 7.79. The Hall–Kier alpha value is -1.35. The molecule has 0 amide bonds. The van der Waals surface area contributed by atoms with Crippen LogP contribution in [0.4, 0.5) is 0 Å². The van der Waals surface area contributed by atoms with Crippen LogP contribution >= 0.6 is 8.25 Å².